The Morgan fingerprint density at radius 2 is 2.00 bits per heavy atom. The van der Waals surface area contributed by atoms with Gasteiger partial charge in [-0.25, -0.2) is 0 Å². The lowest BCUT2D eigenvalue weighted by atomic mass is 9.96. The summed E-state index contributed by atoms with van der Waals surface area (Å²) in [6.45, 7) is 7.08. The standard InChI is InChI=1S/C17H23N3O/c1-5-16-15(10-12(3)19-20-16)17(18-6-2)13-8-7-9-14(11-13)21-4/h7-11,17-18H,5-6H2,1-4H3. The van der Waals surface area contributed by atoms with Crippen LogP contribution in [0.1, 0.15) is 42.4 Å². The molecule has 0 radical (unpaired) electrons. The maximum Gasteiger partial charge on any atom is 0.119 e. The van der Waals surface area contributed by atoms with Crippen molar-refractivity contribution in [1.29, 1.82) is 0 Å². The lowest BCUT2D eigenvalue weighted by molar-refractivity contribution is 0.413. The minimum atomic E-state index is 0.106. The first-order chi connectivity index (χ1) is 10.2. The summed E-state index contributed by atoms with van der Waals surface area (Å²) in [6.07, 6.45) is 0.870. The Morgan fingerprint density at radius 1 is 1.19 bits per heavy atom. The molecule has 1 heterocycles. The number of methoxy groups -OCH3 is 1. The molecule has 21 heavy (non-hydrogen) atoms. The van der Waals surface area contributed by atoms with Gasteiger partial charge in [-0.2, -0.15) is 10.2 Å². The Balaban J connectivity index is 2.49. The normalized spacial score (nSPS) is 12.2. The molecule has 1 aromatic carbocycles. The van der Waals surface area contributed by atoms with Gasteiger partial charge in [0.05, 0.1) is 24.5 Å². The highest BCUT2D eigenvalue weighted by Crippen LogP contribution is 2.27. The average Bonchev–Trinajstić information content (AvgIpc) is 2.52. The molecule has 2 rings (SSSR count). The predicted octanol–water partition coefficient (Wildman–Crippen LogP) is 3.05. The summed E-state index contributed by atoms with van der Waals surface area (Å²) in [7, 11) is 1.69. The third kappa shape index (κ3) is 3.58. The van der Waals surface area contributed by atoms with Gasteiger partial charge in [-0.05, 0) is 49.2 Å². The molecular weight excluding hydrogens is 262 g/mol. The fourth-order valence-electron chi connectivity index (χ4n) is 2.49. The number of rotatable bonds is 6. The Kier molecular flexibility index (Phi) is 5.28. The van der Waals surface area contributed by atoms with Crippen LogP contribution in [0.15, 0.2) is 30.3 Å². The van der Waals surface area contributed by atoms with Gasteiger partial charge >= 0.3 is 0 Å². The van der Waals surface area contributed by atoms with E-state index in [1.54, 1.807) is 7.11 Å². The molecule has 0 bridgehead atoms. The van der Waals surface area contributed by atoms with Crippen LogP contribution in [0.5, 0.6) is 5.75 Å². The van der Waals surface area contributed by atoms with E-state index < -0.39 is 0 Å². The van der Waals surface area contributed by atoms with Gasteiger partial charge in [0.25, 0.3) is 0 Å². The third-order valence-electron chi connectivity index (χ3n) is 3.51. The van der Waals surface area contributed by atoms with Crippen molar-refractivity contribution >= 4 is 0 Å². The molecule has 4 heteroatoms. The van der Waals surface area contributed by atoms with Gasteiger partial charge in [-0.3, -0.25) is 0 Å². The number of aryl methyl sites for hydroxylation is 2. The monoisotopic (exact) mass is 285 g/mol. The molecule has 0 aliphatic heterocycles. The van der Waals surface area contributed by atoms with E-state index in [0.29, 0.717) is 0 Å². The van der Waals surface area contributed by atoms with Crippen LogP contribution in [0.2, 0.25) is 0 Å². The predicted molar refractivity (Wildman–Crippen MR) is 84.7 cm³/mol. The first-order valence-corrected chi connectivity index (χ1v) is 7.40. The van der Waals surface area contributed by atoms with Crippen molar-refractivity contribution in [1.82, 2.24) is 15.5 Å². The van der Waals surface area contributed by atoms with E-state index in [1.807, 2.05) is 19.1 Å². The summed E-state index contributed by atoms with van der Waals surface area (Å²) < 4.78 is 5.34. The number of hydrogen-bond donors (Lipinski definition) is 1. The van der Waals surface area contributed by atoms with Crippen molar-refractivity contribution in [2.45, 2.75) is 33.2 Å². The second kappa shape index (κ2) is 7.18. The summed E-state index contributed by atoms with van der Waals surface area (Å²) in [4.78, 5) is 0. The SMILES string of the molecule is CCNC(c1cccc(OC)c1)c1cc(C)nnc1CC. The van der Waals surface area contributed by atoms with Gasteiger partial charge < -0.3 is 10.1 Å². The summed E-state index contributed by atoms with van der Waals surface area (Å²) in [5.74, 6) is 0.868. The van der Waals surface area contributed by atoms with Crippen molar-refractivity contribution < 1.29 is 4.74 Å². The number of ether oxygens (including phenoxy) is 1. The van der Waals surface area contributed by atoms with Gasteiger partial charge in [0.2, 0.25) is 0 Å². The Bertz CT molecular complexity index is 598. The van der Waals surface area contributed by atoms with Crippen molar-refractivity contribution in [3.63, 3.8) is 0 Å². The maximum atomic E-state index is 5.34. The molecule has 2 aromatic rings. The summed E-state index contributed by atoms with van der Waals surface area (Å²) in [6, 6.07) is 10.4. The Labute approximate surface area is 126 Å². The Morgan fingerprint density at radius 3 is 2.67 bits per heavy atom. The Hall–Kier alpha value is -1.94. The van der Waals surface area contributed by atoms with Crippen LogP contribution in [-0.4, -0.2) is 23.9 Å². The second-order valence-corrected chi connectivity index (χ2v) is 5.01. The molecule has 0 aliphatic carbocycles. The quantitative estimate of drug-likeness (QED) is 0.886. The molecule has 0 spiro atoms. The topological polar surface area (TPSA) is 47.0 Å². The number of hydrogen-bond acceptors (Lipinski definition) is 4. The molecule has 4 nitrogen and oxygen atoms in total. The molecule has 1 atom stereocenters. The highest BCUT2D eigenvalue weighted by molar-refractivity contribution is 5.38. The fraction of sp³-hybridized carbons (Fsp3) is 0.412. The largest absolute Gasteiger partial charge is 0.497 e. The minimum Gasteiger partial charge on any atom is -0.497 e. The molecule has 0 fully saturated rings. The number of aromatic nitrogens is 2. The smallest absolute Gasteiger partial charge is 0.119 e. The zero-order chi connectivity index (χ0) is 15.2. The van der Waals surface area contributed by atoms with Crippen LogP contribution >= 0.6 is 0 Å². The summed E-state index contributed by atoms with van der Waals surface area (Å²) in [5, 5.41) is 12.1. The molecule has 1 unspecified atom stereocenters. The average molecular weight is 285 g/mol. The van der Waals surface area contributed by atoms with E-state index in [2.05, 4.69) is 47.6 Å². The van der Waals surface area contributed by atoms with E-state index >= 15 is 0 Å². The molecule has 0 saturated heterocycles. The second-order valence-electron chi connectivity index (χ2n) is 5.01. The van der Waals surface area contributed by atoms with Crippen molar-refractivity contribution in [3.8, 4) is 5.75 Å². The van der Waals surface area contributed by atoms with E-state index in [1.165, 1.54) is 11.1 Å². The zero-order valence-electron chi connectivity index (χ0n) is 13.2. The summed E-state index contributed by atoms with van der Waals surface area (Å²) in [5.41, 5.74) is 4.35. The van der Waals surface area contributed by atoms with Crippen LogP contribution in [0.25, 0.3) is 0 Å². The number of nitrogens with one attached hydrogen (secondary N) is 1. The van der Waals surface area contributed by atoms with Gasteiger partial charge in [-0.1, -0.05) is 26.0 Å². The van der Waals surface area contributed by atoms with Gasteiger partial charge in [0.15, 0.2) is 0 Å². The van der Waals surface area contributed by atoms with E-state index in [9.17, 15) is 0 Å². The molecule has 1 N–H and O–H groups in total. The minimum absolute atomic E-state index is 0.106. The lowest BCUT2D eigenvalue weighted by Gasteiger charge is -2.21. The zero-order valence-corrected chi connectivity index (χ0v) is 13.2. The number of nitrogens with zero attached hydrogens (tertiary/aromatic N) is 2. The molecule has 1 aromatic heterocycles. The highest BCUT2D eigenvalue weighted by Gasteiger charge is 2.18. The highest BCUT2D eigenvalue weighted by atomic mass is 16.5. The van der Waals surface area contributed by atoms with E-state index in [0.717, 1.165) is 30.1 Å². The van der Waals surface area contributed by atoms with E-state index in [-0.39, 0.29) is 6.04 Å². The van der Waals surface area contributed by atoms with Gasteiger partial charge in [-0.15, -0.1) is 0 Å². The molecule has 0 saturated carbocycles. The third-order valence-corrected chi connectivity index (χ3v) is 3.51. The molecule has 112 valence electrons. The van der Waals surface area contributed by atoms with Crippen molar-refractivity contribution in [2.75, 3.05) is 13.7 Å². The van der Waals surface area contributed by atoms with Crippen LogP contribution in [0.3, 0.4) is 0 Å². The molecule has 0 amide bonds. The first kappa shape index (κ1) is 15.4. The maximum absolute atomic E-state index is 5.34. The van der Waals surface area contributed by atoms with Crippen molar-refractivity contribution in [3.05, 3.63) is 52.8 Å². The summed E-state index contributed by atoms with van der Waals surface area (Å²) >= 11 is 0. The fourth-order valence-corrected chi connectivity index (χ4v) is 2.49. The van der Waals surface area contributed by atoms with Crippen LogP contribution < -0.4 is 10.1 Å². The van der Waals surface area contributed by atoms with Crippen molar-refractivity contribution in [2.24, 2.45) is 0 Å². The lowest BCUT2D eigenvalue weighted by Crippen LogP contribution is -2.24. The van der Waals surface area contributed by atoms with Gasteiger partial charge in [0, 0.05) is 0 Å². The number of benzene rings is 1. The molecular formula is C17H23N3O. The van der Waals surface area contributed by atoms with Crippen LogP contribution in [0.4, 0.5) is 0 Å². The first-order valence-electron chi connectivity index (χ1n) is 7.40. The van der Waals surface area contributed by atoms with Gasteiger partial charge in [0.1, 0.15) is 5.75 Å². The molecule has 0 aliphatic rings. The van der Waals surface area contributed by atoms with Crippen LogP contribution in [0, 0.1) is 6.92 Å². The van der Waals surface area contributed by atoms with E-state index in [4.69, 9.17) is 4.74 Å². The van der Waals surface area contributed by atoms with Crippen LogP contribution in [-0.2, 0) is 6.42 Å².